The molecule has 0 fully saturated rings. The quantitative estimate of drug-likeness (QED) is 0.0245. The molecule has 3 atom stereocenters. The van der Waals surface area contributed by atoms with Crippen molar-refractivity contribution in [3.05, 3.63) is 97.2 Å². The molecular weight excluding hydrogens is 815 g/mol. The van der Waals surface area contributed by atoms with Gasteiger partial charge in [0.15, 0.2) is 0 Å². The zero-order valence-electron chi connectivity index (χ0n) is 43.0. The van der Waals surface area contributed by atoms with Crippen LogP contribution in [0.25, 0.3) is 0 Å². The van der Waals surface area contributed by atoms with Gasteiger partial charge in [0.25, 0.3) is 0 Å². The van der Waals surface area contributed by atoms with E-state index < -0.39 is 18.2 Å². The van der Waals surface area contributed by atoms with Gasteiger partial charge in [-0.3, -0.25) is 9.59 Å². The second-order valence-electron chi connectivity index (χ2n) is 18.3. The molecule has 0 rings (SSSR count). The average molecular weight is 918 g/mol. The molecule has 0 aliphatic heterocycles. The van der Waals surface area contributed by atoms with E-state index in [-0.39, 0.29) is 24.9 Å². The van der Waals surface area contributed by atoms with E-state index in [0.29, 0.717) is 19.3 Å². The molecule has 3 unspecified atom stereocenters. The molecule has 66 heavy (non-hydrogen) atoms. The van der Waals surface area contributed by atoms with E-state index in [9.17, 15) is 19.8 Å². The number of carbonyl (C=O) groups is 2. The summed E-state index contributed by atoms with van der Waals surface area (Å²) in [6.07, 6.45) is 70.7. The van der Waals surface area contributed by atoms with Gasteiger partial charge < -0.3 is 20.3 Å². The lowest BCUT2D eigenvalue weighted by Gasteiger charge is -2.23. The molecule has 378 valence electrons. The van der Waals surface area contributed by atoms with Gasteiger partial charge in [0.1, 0.15) is 6.10 Å². The summed E-state index contributed by atoms with van der Waals surface area (Å²) in [6, 6.07) is -0.752. The number of carbonyl (C=O) groups excluding carboxylic acids is 2. The zero-order chi connectivity index (χ0) is 48.1. The van der Waals surface area contributed by atoms with Crippen LogP contribution in [0.2, 0.25) is 0 Å². The Morgan fingerprint density at radius 3 is 1.35 bits per heavy atom. The smallest absolute Gasteiger partial charge is 0.306 e. The van der Waals surface area contributed by atoms with Gasteiger partial charge in [-0.15, -0.1) is 0 Å². The second kappa shape index (κ2) is 52.7. The highest BCUT2D eigenvalue weighted by Gasteiger charge is 2.23. The van der Waals surface area contributed by atoms with Crippen LogP contribution in [-0.2, 0) is 14.3 Å². The lowest BCUT2D eigenvalue weighted by atomic mass is 10.0. The van der Waals surface area contributed by atoms with Crippen LogP contribution in [0.3, 0.4) is 0 Å². The Morgan fingerprint density at radius 1 is 0.485 bits per heavy atom. The first-order chi connectivity index (χ1) is 32.5. The lowest BCUT2D eigenvalue weighted by Crippen LogP contribution is -2.46. The largest absolute Gasteiger partial charge is 0.458 e. The van der Waals surface area contributed by atoms with Gasteiger partial charge in [-0.05, 0) is 76.7 Å². The van der Waals surface area contributed by atoms with Gasteiger partial charge in [-0.25, -0.2) is 0 Å². The molecule has 0 aliphatic carbocycles. The highest BCUT2D eigenvalue weighted by atomic mass is 16.5. The van der Waals surface area contributed by atoms with Crippen molar-refractivity contribution in [3.8, 4) is 0 Å². The topological polar surface area (TPSA) is 95.9 Å². The Hall–Kier alpha value is -3.22. The zero-order valence-corrected chi connectivity index (χ0v) is 43.0. The summed E-state index contributed by atoms with van der Waals surface area (Å²) >= 11 is 0. The third kappa shape index (κ3) is 47.3. The average Bonchev–Trinajstić information content (AvgIpc) is 3.31. The molecule has 0 aliphatic rings. The van der Waals surface area contributed by atoms with Crippen LogP contribution < -0.4 is 5.32 Å². The normalized spacial score (nSPS) is 14.0. The summed E-state index contributed by atoms with van der Waals surface area (Å²) in [7, 11) is 0. The predicted octanol–water partition coefficient (Wildman–Crippen LogP) is 16.9. The third-order valence-electron chi connectivity index (χ3n) is 12.0. The van der Waals surface area contributed by atoms with Gasteiger partial charge in [0.2, 0.25) is 5.91 Å². The van der Waals surface area contributed by atoms with Gasteiger partial charge in [0, 0.05) is 6.42 Å². The van der Waals surface area contributed by atoms with Crippen molar-refractivity contribution in [2.75, 3.05) is 6.61 Å². The Morgan fingerprint density at radius 2 is 0.894 bits per heavy atom. The van der Waals surface area contributed by atoms with E-state index in [2.05, 4.69) is 111 Å². The molecule has 0 radical (unpaired) electrons. The summed E-state index contributed by atoms with van der Waals surface area (Å²) in [6.45, 7) is 6.32. The fourth-order valence-electron chi connectivity index (χ4n) is 7.81. The van der Waals surface area contributed by atoms with Crippen molar-refractivity contribution in [1.82, 2.24) is 5.32 Å². The van der Waals surface area contributed by atoms with E-state index in [1.165, 1.54) is 109 Å². The molecule has 0 saturated heterocycles. The molecule has 1 amide bonds. The standard InChI is InChI=1S/C60H103NO5/c1-4-7-10-13-16-19-22-25-28-29-30-32-35-38-41-44-47-50-53-60(65)66-56(51-48-45-42-39-36-33-27-24-21-18-15-12-9-6-3)54-59(64)61-57(55-62)58(63)52-49-46-43-40-37-34-31-26-23-20-17-14-11-8-5-2/h9,12,18,21-22,25,27-30,32-33,39,42,48,51,56-58,62-63H,4-8,10-11,13-17,19-20,23-24,26,31,34-38,40-41,43-47,49-50,52-55H2,1-3H3,(H,61,64)/b12-9+,21-18+,25-22+,29-28+,32-30+,33-27+,42-39+,51-48+. The number of rotatable bonds is 48. The van der Waals surface area contributed by atoms with Gasteiger partial charge in [-0.2, -0.15) is 0 Å². The Kier molecular flexibility index (Phi) is 50.2. The van der Waals surface area contributed by atoms with E-state index in [0.717, 1.165) is 89.9 Å². The van der Waals surface area contributed by atoms with Gasteiger partial charge in [-0.1, -0.05) is 253 Å². The number of hydrogen-bond acceptors (Lipinski definition) is 5. The monoisotopic (exact) mass is 918 g/mol. The summed E-state index contributed by atoms with van der Waals surface area (Å²) in [5.74, 6) is -0.655. The Bertz CT molecular complexity index is 1310. The maximum absolute atomic E-state index is 13.2. The van der Waals surface area contributed by atoms with Crippen LogP contribution in [0.1, 0.15) is 245 Å². The summed E-state index contributed by atoms with van der Waals surface area (Å²) in [5, 5.41) is 23.8. The number of nitrogens with one attached hydrogen (secondary N) is 1. The van der Waals surface area contributed by atoms with Crippen LogP contribution in [-0.4, -0.2) is 46.9 Å². The van der Waals surface area contributed by atoms with Crippen LogP contribution in [0.4, 0.5) is 0 Å². The van der Waals surface area contributed by atoms with Crippen LogP contribution >= 0.6 is 0 Å². The number of allylic oxidation sites excluding steroid dienone is 15. The van der Waals surface area contributed by atoms with Crippen LogP contribution in [0.15, 0.2) is 97.2 Å². The highest BCUT2D eigenvalue weighted by molar-refractivity contribution is 5.78. The molecule has 0 saturated carbocycles. The molecule has 3 N–H and O–H groups in total. The Balaban J connectivity index is 4.73. The summed E-state index contributed by atoms with van der Waals surface area (Å²) < 4.78 is 5.83. The maximum atomic E-state index is 13.2. The summed E-state index contributed by atoms with van der Waals surface area (Å²) in [5.41, 5.74) is 0. The number of aliphatic hydroxyl groups excluding tert-OH is 2. The number of ether oxygens (including phenoxy) is 1. The first-order valence-corrected chi connectivity index (χ1v) is 27.5. The van der Waals surface area contributed by atoms with Gasteiger partial charge >= 0.3 is 5.97 Å². The van der Waals surface area contributed by atoms with E-state index in [1.54, 1.807) is 6.08 Å². The second-order valence-corrected chi connectivity index (χ2v) is 18.3. The van der Waals surface area contributed by atoms with Crippen molar-refractivity contribution in [3.63, 3.8) is 0 Å². The number of esters is 1. The first kappa shape index (κ1) is 62.8. The number of unbranched alkanes of at least 4 members (excludes halogenated alkanes) is 24. The van der Waals surface area contributed by atoms with Crippen LogP contribution in [0.5, 0.6) is 0 Å². The van der Waals surface area contributed by atoms with E-state index >= 15 is 0 Å². The molecule has 6 heteroatoms. The van der Waals surface area contributed by atoms with Crippen molar-refractivity contribution in [2.24, 2.45) is 0 Å². The fourth-order valence-corrected chi connectivity index (χ4v) is 7.81. The van der Waals surface area contributed by atoms with Crippen molar-refractivity contribution >= 4 is 11.9 Å². The van der Waals surface area contributed by atoms with Crippen molar-refractivity contribution in [1.29, 1.82) is 0 Å². The molecule has 0 aromatic carbocycles. The van der Waals surface area contributed by atoms with Crippen molar-refractivity contribution < 1.29 is 24.5 Å². The predicted molar refractivity (Wildman–Crippen MR) is 287 cm³/mol. The number of aliphatic hydroxyl groups is 2. The van der Waals surface area contributed by atoms with E-state index in [1.807, 2.05) is 6.08 Å². The molecular formula is C60H103NO5. The SMILES string of the molecule is CC/C=C/C/C=C/C/C=C/C/C=C/C/C=C/C(CC(=O)NC(CO)C(O)CCCCCCCCCCCCCCCCC)OC(=O)CCCCCCC/C=C/C=C/C=C/CCCCCCC. The molecule has 0 aromatic heterocycles. The first-order valence-electron chi connectivity index (χ1n) is 27.5. The molecule has 0 heterocycles. The maximum Gasteiger partial charge on any atom is 0.306 e. The molecule has 0 spiro atoms. The van der Waals surface area contributed by atoms with Crippen molar-refractivity contribution in [2.45, 2.75) is 264 Å². The molecule has 0 bridgehead atoms. The number of hydrogen-bond donors (Lipinski definition) is 3. The number of amides is 1. The minimum absolute atomic E-state index is 0.0588. The lowest BCUT2D eigenvalue weighted by molar-refractivity contribution is -0.148. The fraction of sp³-hybridized carbons (Fsp3) is 0.700. The highest BCUT2D eigenvalue weighted by Crippen LogP contribution is 2.16. The molecule has 6 nitrogen and oxygen atoms in total. The third-order valence-corrected chi connectivity index (χ3v) is 12.0. The summed E-state index contributed by atoms with van der Waals surface area (Å²) in [4.78, 5) is 26.1. The minimum atomic E-state index is -0.828. The molecule has 0 aromatic rings. The van der Waals surface area contributed by atoms with Crippen LogP contribution in [0, 0.1) is 0 Å². The van der Waals surface area contributed by atoms with Gasteiger partial charge in [0.05, 0.1) is 25.2 Å². The van der Waals surface area contributed by atoms with E-state index in [4.69, 9.17) is 4.74 Å². The Labute approximate surface area is 407 Å². The minimum Gasteiger partial charge on any atom is -0.458 e.